The van der Waals surface area contributed by atoms with Crippen molar-refractivity contribution in [1.82, 2.24) is 10.3 Å². The first-order chi connectivity index (χ1) is 14.0. The van der Waals surface area contributed by atoms with E-state index in [4.69, 9.17) is 0 Å². The van der Waals surface area contributed by atoms with Gasteiger partial charge < -0.3 is 5.32 Å². The van der Waals surface area contributed by atoms with E-state index in [-0.39, 0.29) is 30.6 Å². The van der Waals surface area contributed by atoms with Crippen molar-refractivity contribution in [1.29, 1.82) is 0 Å². The molecule has 2 amide bonds. The normalized spacial score (nSPS) is 15.3. The Balaban J connectivity index is 1.58. The number of carbonyl (C=O) groups is 2. The van der Waals surface area contributed by atoms with Gasteiger partial charge in [-0.1, -0.05) is 30.3 Å². The third-order valence-electron chi connectivity index (χ3n) is 5.01. The zero-order valence-corrected chi connectivity index (χ0v) is 15.9. The highest BCUT2D eigenvalue weighted by Crippen LogP contribution is 2.38. The van der Waals surface area contributed by atoms with Gasteiger partial charge in [-0.3, -0.25) is 19.5 Å². The van der Waals surface area contributed by atoms with Gasteiger partial charge in [0.15, 0.2) is 0 Å². The Labute approximate surface area is 168 Å². The summed E-state index contributed by atoms with van der Waals surface area (Å²) in [6, 6.07) is 16.8. The average Bonchev–Trinajstić information content (AvgIpc) is 2.99. The molecule has 1 aliphatic heterocycles. The highest BCUT2D eigenvalue weighted by molar-refractivity contribution is 6.11. The smallest absolute Gasteiger partial charge is 0.260 e. The van der Waals surface area contributed by atoms with Crippen LogP contribution in [0.4, 0.5) is 10.1 Å². The second-order valence-corrected chi connectivity index (χ2v) is 7.04. The Hall–Kier alpha value is -3.54. The van der Waals surface area contributed by atoms with Gasteiger partial charge in [0, 0.05) is 24.0 Å². The van der Waals surface area contributed by atoms with E-state index in [1.165, 1.54) is 6.07 Å². The lowest BCUT2D eigenvalue weighted by Gasteiger charge is -2.25. The van der Waals surface area contributed by atoms with Crippen LogP contribution < -0.4 is 10.2 Å². The van der Waals surface area contributed by atoms with Gasteiger partial charge in [0.05, 0.1) is 23.7 Å². The molecule has 0 aliphatic carbocycles. The first kappa shape index (κ1) is 18.8. The zero-order valence-electron chi connectivity index (χ0n) is 15.9. The Morgan fingerprint density at radius 2 is 1.97 bits per heavy atom. The minimum absolute atomic E-state index is 0.0398. The molecule has 0 spiro atoms. The van der Waals surface area contributed by atoms with Crippen LogP contribution in [-0.2, 0) is 11.3 Å². The molecular weight excluding hydrogens is 369 g/mol. The van der Waals surface area contributed by atoms with Gasteiger partial charge in [-0.2, -0.15) is 0 Å². The average molecular weight is 389 g/mol. The number of carbonyl (C=O) groups excluding carboxylic acids is 2. The van der Waals surface area contributed by atoms with Gasteiger partial charge in [-0.05, 0) is 42.8 Å². The maximum atomic E-state index is 13.8. The third-order valence-corrected chi connectivity index (χ3v) is 5.01. The summed E-state index contributed by atoms with van der Waals surface area (Å²) in [4.78, 5) is 31.7. The summed E-state index contributed by atoms with van der Waals surface area (Å²) in [5.41, 5.74) is 3.24. The number of aryl methyl sites for hydroxylation is 1. The molecule has 3 aromatic rings. The summed E-state index contributed by atoms with van der Waals surface area (Å²) in [6.45, 7) is 2.04. The minimum atomic E-state index is -0.513. The highest BCUT2D eigenvalue weighted by atomic mass is 19.1. The van der Waals surface area contributed by atoms with Crippen LogP contribution in [0.2, 0.25) is 0 Å². The van der Waals surface area contributed by atoms with Crippen LogP contribution in [-0.4, -0.2) is 16.8 Å². The van der Waals surface area contributed by atoms with Crippen molar-refractivity contribution in [3.8, 4) is 0 Å². The fraction of sp³-hybridized carbons (Fsp3) is 0.174. The van der Waals surface area contributed by atoms with Crippen molar-refractivity contribution in [2.45, 2.75) is 25.9 Å². The third kappa shape index (κ3) is 3.74. The quantitative estimate of drug-likeness (QED) is 0.719. The van der Waals surface area contributed by atoms with Crippen LogP contribution in [0.1, 0.15) is 39.6 Å². The second-order valence-electron chi connectivity index (χ2n) is 7.04. The second kappa shape index (κ2) is 7.83. The Morgan fingerprint density at radius 1 is 1.14 bits per heavy atom. The van der Waals surface area contributed by atoms with Gasteiger partial charge in [-0.15, -0.1) is 0 Å². The molecule has 29 heavy (non-hydrogen) atoms. The molecule has 1 aliphatic rings. The SMILES string of the molecule is Cc1cccc(N2C(=O)c3cccnc3[C@H]2CC(=O)NCc2ccccc2F)c1. The molecule has 146 valence electrons. The lowest BCUT2D eigenvalue weighted by Crippen LogP contribution is -2.33. The summed E-state index contributed by atoms with van der Waals surface area (Å²) in [7, 11) is 0. The van der Waals surface area contributed by atoms with Crippen molar-refractivity contribution in [3.05, 3.63) is 95.1 Å². The number of benzene rings is 2. The largest absolute Gasteiger partial charge is 0.352 e. The summed E-state index contributed by atoms with van der Waals surface area (Å²) in [5.74, 6) is -0.815. The van der Waals surface area contributed by atoms with Crippen LogP contribution in [0.15, 0.2) is 66.9 Å². The Bertz CT molecular complexity index is 1080. The molecular formula is C23H20FN3O2. The van der Waals surface area contributed by atoms with Crippen LogP contribution in [0.25, 0.3) is 0 Å². The first-order valence-corrected chi connectivity index (χ1v) is 9.40. The molecule has 1 atom stereocenters. The van der Waals surface area contributed by atoms with Crippen molar-refractivity contribution in [2.75, 3.05) is 4.90 Å². The molecule has 4 rings (SSSR count). The van der Waals surface area contributed by atoms with E-state index in [0.29, 0.717) is 16.8 Å². The number of anilines is 1. The number of fused-ring (bicyclic) bond motifs is 1. The van der Waals surface area contributed by atoms with E-state index in [2.05, 4.69) is 10.3 Å². The number of nitrogens with zero attached hydrogens (tertiary/aromatic N) is 2. The molecule has 2 aromatic carbocycles. The number of hydrogen-bond acceptors (Lipinski definition) is 3. The monoisotopic (exact) mass is 389 g/mol. The number of rotatable bonds is 5. The molecule has 1 N–H and O–H groups in total. The van der Waals surface area contributed by atoms with Gasteiger partial charge in [0.2, 0.25) is 5.91 Å². The van der Waals surface area contributed by atoms with Crippen molar-refractivity contribution < 1.29 is 14.0 Å². The lowest BCUT2D eigenvalue weighted by molar-refractivity contribution is -0.121. The maximum absolute atomic E-state index is 13.8. The fourth-order valence-corrected chi connectivity index (χ4v) is 3.60. The van der Waals surface area contributed by atoms with Gasteiger partial charge in [0.25, 0.3) is 5.91 Å². The van der Waals surface area contributed by atoms with Gasteiger partial charge in [-0.25, -0.2) is 4.39 Å². The van der Waals surface area contributed by atoms with E-state index in [1.54, 1.807) is 41.4 Å². The molecule has 5 nitrogen and oxygen atoms in total. The Kier molecular flexibility index (Phi) is 5.08. The van der Waals surface area contributed by atoms with E-state index < -0.39 is 6.04 Å². The number of pyridine rings is 1. The number of hydrogen-bond donors (Lipinski definition) is 1. The summed E-state index contributed by atoms with van der Waals surface area (Å²) in [6.07, 6.45) is 1.66. The number of amides is 2. The summed E-state index contributed by atoms with van der Waals surface area (Å²) < 4.78 is 13.8. The maximum Gasteiger partial charge on any atom is 0.260 e. The van der Waals surface area contributed by atoms with Crippen LogP contribution in [0.5, 0.6) is 0 Å². The minimum Gasteiger partial charge on any atom is -0.352 e. The number of aromatic nitrogens is 1. The number of nitrogens with one attached hydrogen (secondary N) is 1. The summed E-state index contributed by atoms with van der Waals surface area (Å²) >= 11 is 0. The molecule has 0 saturated carbocycles. The molecule has 6 heteroatoms. The van der Waals surface area contributed by atoms with Crippen molar-refractivity contribution in [2.24, 2.45) is 0 Å². The fourth-order valence-electron chi connectivity index (χ4n) is 3.60. The standard InChI is InChI=1S/C23H20FN3O2/c1-15-6-4-8-17(12-15)27-20(22-18(23(27)29)9-5-11-25-22)13-21(28)26-14-16-7-2-3-10-19(16)24/h2-12,20H,13-14H2,1H3,(H,26,28)/t20-/m1/s1. The van der Waals surface area contributed by atoms with Gasteiger partial charge >= 0.3 is 0 Å². The Morgan fingerprint density at radius 3 is 2.76 bits per heavy atom. The van der Waals surface area contributed by atoms with Gasteiger partial charge in [0.1, 0.15) is 5.82 Å². The lowest BCUT2D eigenvalue weighted by atomic mass is 10.1. The molecule has 0 saturated heterocycles. The predicted octanol–water partition coefficient (Wildman–Crippen LogP) is 3.94. The predicted molar refractivity (Wildman–Crippen MR) is 108 cm³/mol. The molecule has 0 bridgehead atoms. The zero-order chi connectivity index (χ0) is 20.4. The highest BCUT2D eigenvalue weighted by Gasteiger charge is 2.39. The molecule has 0 unspecified atom stereocenters. The van der Waals surface area contributed by atoms with E-state index in [1.807, 2.05) is 31.2 Å². The van der Waals surface area contributed by atoms with E-state index in [9.17, 15) is 14.0 Å². The number of halogens is 1. The molecule has 1 aromatic heterocycles. The van der Waals surface area contributed by atoms with Crippen molar-refractivity contribution in [3.63, 3.8) is 0 Å². The van der Waals surface area contributed by atoms with Crippen LogP contribution >= 0.6 is 0 Å². The molecule has 0 radical (unpaired) electrons. The van der Waals surface area contributed by atoms with Crippen molar-refractivity contribution >= 4 is 17.5 Å². The van der Waals surface area contributed by atoms with E-state index >= 15 is 0 Å². The first-order valence-electron chi connectivity index (χ1n) is 9.40. The van der Waals surface area contributed by atoms with E-state index in [0.717, 1.165) is 11.3 Å². The summed E-state index contributed by atoms with van der Waals surface area (Å²) in [5, 5.41) is 2.75. The van der Waals surface area contributed by atoms with Crippen LogP contribution in [0, 0.1) is 12.7 Å². The van der Waals surface area contributed by atoms with Crippen LogP contribution in [0.3, 0.4) is 0 Å². The topological polar surface area (TPSA) is 62.3 Å². The molecule has 0 fully saturated rings. The molecule has 2 heterocycles.